The Hall–Kier alpha value is -2.15. The highest BCUT2D eigenvalue weighted by Crippen LogP contribution is 2.14. The molecule has 0 unspecified atom stereocenters. The molecule has 0 aromatic rings. The van der Waals surface area contributed by atoms with Crippen LogP contribution in [0.4, 0.5) is 9.59 Å². The van der Waals surface area contributed by atoms with Crippen molar-refractivity contribution in [3.63, 3.8) is 0 Å². The fourth-order valence-corrected chi connectivity index (χ4v) is 4.67. The van der Waals surface area contributed by atoms with Crippen LogP contribution >= 0.6 is 0 Å². The Balaban J connectivity index is 3.52. The molecule has 34 heavy (non-hydrogen) atoms. The van der Waals surface area contributed by atoms with Crippen LogP contribution in [0.1, 0.15) is 58.3 Å². The fraction of sp³-hybridized carbons (Fsp3) is 0.773. The molecule has 0 saturated carbocycles. The van der Waals surface area contributed by atoms with Crippen LogP contribution in [0.15, 0.2) is 11.6 Å². The average Bonchev–Trinajstić information content (AvgIpc) is 2.83. The Morgan fingerprint density at radius 3 is 1.71 bits per heavy atom. The van der Waals surface area contributed by atoms with E-state index in [-0.39, 0.29) is 5.57 Å². The van der Waals surface area contributed by atoms with Gasteiger partial charge in [-0.15, -0.1) is 0 Å². The number of amides is 2. The fourth-order valence-electron chi connectivity index (χ4n) is 2.94. The molecule has 0 heterocycles. The zero-order chi connectivity index (χ0) is 25.7. The summed E-state index contributed by atoms with van der Waals surface area (Å²) in [6, 6.07) is 0.610. The number of hydrogen-bond acceptors (Lipinski definition) is 8. The lowest BCUT2D eigenvalue weighted by Gasteiger charge is -2.24. The van der Waals surface area contributed by atoms with Gasteiger partial charge in [0.25, 0.3) is 0 Å². The molecule has 0 radical (unpaired) electrons. The highest BCUT2D eigenvalue weighted by Gasteiger charge is 2.36. The van der Waals surface area contributed by atoms with Gasteiger partial charge in [0.15, 0.2) is 0 Å². The standard InChI is InChI=1S/C22H42N2O9Si/c1-19(20(25)26)13-11-14-23-21(27)32-16-9-7-5-6-8-10-17-33-22(28)24-15-12-18-34(29-2,30-3)31-4/h13H,5-12,14-18H2,1-4H3,(H,23,27)(H,24,28)(H,25,26)/b19-13+. The minimum atomic E-state index is -2.60. The molecule has 3 N–H and O–H groups in total. The van der Waals surface area contributed by atoms with E-state index in [1.807, 2.05) is 0 Å². The van der Waals surface area contributed by atoms with E-state index >= 15 is 0 Å². The van der Waals surface area contributed by atoms with Gasteiger partial charge in [-0.2, -0.15) is 0 Å². The minimum absolute atomic E-state index is 0.252. The number of unbranched alkanes of at least 4 members (excludes halogenated alkanes) is 5. The molecule has 0 fully saturated rings. The lowest BCUT2D eigenvalue weighted by molar-refractivity contribution is -0.132. The van der Waals surface area contributed by atoms with E-state index in [1.54, 1.807) is 27.4 Å². The van der Waals surface area contributed by atoms with E-state index in [1.165, 1.54) is 6.92 Å². The second kappa shape index (κ2) is 20.2. The van der Waals surface area contributed by atoms with Gasteiger partial charge in [0.05, 0.1) is 13.2 Å². The first-order valence-corrected chi connectivity index (χ1v) is 13.6. The molecule has 0 aromatic carbocycles. The summed E-state index contributed by atoms with van der Waals surface area (Å²) in [5.74, 6) is -0.964. The molecule has 0 aliphatic rings. The normalized spacial score (nSPS) is 11.7. The van der Waals surface area contributed by atoms with E-state index in [9.17, 15) is 14.4 Å². The number of aliphatic carboxylic acids is 1. The van der Waals surface area contributed by atoms with Crippen LogP contribution in [0.5, 0.6) is 0 Å². The predicted octanol–water partition coefficient (Wildman–Crippen LogP) is 3.47. The Bertz CT molecular complexity index is 605. The molecule has 2 amide bonds. The maximum atomic E-state index is 11.7. The third kappa shape index (κ3) is 16.5. The first-order valence-electron chi connectivity index (χ1n) is 11.7. The Morgan fingerprint density at radius 1 is 0.765 bits per heavy atom. The monoisotopic (exact) mass is 506 g/mol. The molecule has 0 saturated heterocycles. The van der Waals surface area contributed by atoms with Gasteiger partial charge >= 0.3 is 27.0 Å². The van der Waals surface area contributed by atoms with Crippen LogP contribution in [0, 0.1) is 0 Å². The summed E-state index contributed by atoms with van der Waals surface area (Å²) in [5, 5.41) is 14.0. The van der Waals surface area contributed by atoms with Crippen molar-refractivity contribution in [2.75, 3.05) is 47.6 Å². The van der Waals surface area contributed by atoms with Crippen molar-refractivity contribution >= 4 is 27.0 Å². The Labute approximate surface area is 203 Å². The SMILES string of the molecule is CO[Si](CCCNC(=O)OCCCCCCCCOC(=O)NCC/C=C(\C)C(=O)O)(OC)OC. The van der Waals surface area contributed by atoms with E-state index in [0.717, 1.165) is 38.5 Å². The van der Waals surface area contributed by atoms with E-state index in [0.29, 0.717) is 45.2 Å². The zero-order valence-corrected chi connectivity index (χ0v) is 22.0. The zero-order valence-electron chi connectivity index (χ0n) is 21.0. The minimum Gasteiger partial charge on any atom is -0.478 e. The van der Waals surface area contributed by atoms with Crippen molar-refractivity contribution in [3.8, 4) is 0 Å². The molecular formula is C22H42N2O9Si. The van der Waals surface area contributed by atoms with Crippen LogP contribution < -0.4 is 10.6 Å². The highest BCUT2D eigenvalue weighted by molar-refractivity contribution is 6.60. The molecule has 0 aliphatic heterocycles. The largest absolute Gasteiger partial charge is 0.500 e. The molecule has 0 bridgehead atoms. The summed E-state index contributed by atoms with van der Waals surface area (Å²) < 4.78 is 26.2. The molecule has 0 atom stereocenters. The van der Waals surface area contributed by atoms with Gasteiger partial charge in [-0.05, 0) is 32.6 Å². The lowest BCUT2D eigenvalue weighted by Crippen LogP contribution is -2.43. The number of carboxylic acids is 1. The van der Waals surface area contributed by atoms with Crippen LogP contribution in [0.2, 0.25) is 6.04 Å². The van der Waals surface area contributed by atoms with Crippen LogP contribution in [-0.4, -0.2) is 79.7 Å². The topological polar surface area (TPSA) is 142 Å². The third-order valence-electron chi connectivity index (χ3n) is 5.07. The molecule has 0 aromatic heterocycles. The van der Waals surface area contributed by atoms with Gasteiger partial charge in [0, 0.05) is 46.0 Å². The van der Waals surface area contributed by atoms with E-state index < -0.39 is 27.0 Å². The van der Waals surface area contributed by atoms with Gasteiger partial charge < -0.3 is 38.5 Å². The molecule has 0 aliphatic carbocycles. The first kappa shape index (κ1) is 31.8. The molecule has 11 nitrogen and oxygen atoms in total. The second-order valence-electron chi connectivity index (χ2n) is 7.63. The maximum Gasteiger partial charge on any atom is 0.500 e. The van der Waals surface area contributed by atoms with Gasteiger partial charge in [-0.25, -0.2) is 14.4 Å². The van der Waals surface area contributed by atoms with Gasteiger partial charge in [0.2, 0.25) is 0 Å². The number of rotatable bonds is 20. The van der Waals surface area contributed by atoms with Crippen LogP contribution in [-0.2, 0) is 27.5 Å². The van der Waals surface area contributed by atoms with Crippen molar-refractivity contribution < 1.29 is 42.2 Å². The summed E-state index contributed by atoms with van der Waals surface area (Å²) in [6.45, 7) is 3.03. The number of nitrogens with one attached hydrogen (secondary N) is 2. The lowest BCUT2D eigenvalue weighted by atomic mass is 10.1. The number of carbonyl (C=O) groups is 3. The quantitative estimate of drug-likeness (QED) is 0.128. The smallest absolute Gasteiger partial charge is 0.478 e. The molecular weight excluding hydrogens is 464 g/mol. The van der Waals surface area contributed by atoms with Crippen molar-refractivity contribution in [2.45, 2.75) is 64.3 Å². The summed E-state index contributed by atoms with van der Waals surface area (Å²) in [5.41, 5.74) is 0.252. The summed E-state index contributed by atoms with van der Waals surface area (Å²) in [4.78, 5) is 33.8. The summed E-state index contributed by atoms with van der Waals surface area (Å²) in [6.07, 6.45) is 7.27. The van der Waals surface area contributed by atoms with Crippen LogP contribution in [0.25, 0.3) is 0 Å². The highest BCUT2D eigenvalue weighted by atomic mass is 28.4. The molecule has 12 heteroatoms. The summed E-state index contributed by atoms with van der Waals surface area (Å²) in [7, 11) is 2.08. The molecule has 0 spiro atoms. The van der Waals surface area contributed by atoms with E-state index in [4.69, 9.17) is 27.9 Å². The third-order valence-corrected chi connectivity index (χ3v) is 7.90. The van der Waals surface area contributed by atoms with Crippen molar-refractivity contribution in [1.29, 1.82) is 0 Å². The molecule has 198 valence electrons. The first-order chi connectivity index (χ1) is 16.3. The average molecular weight is 507 g/mol. The Morgan fingerprint density at radius 2 is 1.24 bits per heavy atom. The maximum absolute atomic E-state index is 11.7. The van der Waals surface area contributed by atoms with Gasteiger partial charge in [0.1, 0.15) is 0 Å². The summed E-state index contributed by atoms with van der Waals surface area (Å²) >= 11 is 0. The van der Waals surface area contributed by atoms with Crippen LogP contribution in [0.3, 0.4) is 0 Å². The van der Waals surface area contributed by atoms with Crippen molar-refractivity contribution in [1.82, 2.24) is 10.6 Å². The number of carbonyl (C=O) groups excluding carboxylic acids is 2. The number of ether oxygens (including phenoxy) is 2. The van der Waals surface area contributed by atoms with Crippen molar-refractivity contribution in [3.05, 3.63) is 11.6 Å². The van der Waals surface area contributed by atoms with E-state index in [2.05, 4.69) is 10.6 Å². The number of alkyl carbamates (subject to hydrolysis) is 2. The van der Waals surface area contributed by atoms with Crippen molar-refractivity contribution in [2.24, 2.45) is 0 Å². The predicted molar refractivity (Wildman–Crippen MR) is 129 cm³/mol. The second-order valence-corrected chi connectivity index (χ2v) is 10.7. The number of carboxylic acid groups (broad SMARTS) is 1. The Kier molecular flexibility index (Phi) is 19.0. The molecule has 0 rings (SSSR count). The number of hydrogen-bond donors (Lipinski definition) is 3. The van der Waals surface area contributed by atoms with Gasteiger partial charge in [-0.3, -0.25) is 0 Å². The van der Waals surface area contributed by atoms with Gasteiger partial charge in [-0.1, -0.05) is 31.8 Å².